The fraction of sp³-hybridized carbons (Fsp3) is 0.762. The van der Waals surface area contributed by atoms with Crippen LogP contribution >= 0.6 is 0 Å². The first kappa shape index (κ1) is 26.0. The van der Waals surface area contributed by atoms with E-state index < -0.39 is 46.9 Å². The van der Waals surface area contributed by atoms with E-state index in [2.05, 4.69) is 5.32 Å². The third-order valence-electron chi connectivity index (χ3n) is 4.03. The molecule has 0 bridgehead atoms. The molecule has 0 saturated heterocycles. The molecular weight excluding hydrogens is 362 g/mol. The molecule has 0 aromatic heterocycles. The maximum atomic E-state index is 12.0. The average molecular weight is 400 g/mol. The Bertz CT molecular complexity index is 589. The number of carbonyl (C=O) groups is 3. The van der Waals surface area contributed by atoms with Crippen LogP contribution in [0, 0.1) is 22.7 Å². The molecule has 1 unspecified atom stereocenters. The van der Waals surface area contributed by atoms with E-state index in [-0.39, 0.29) is 11.8 Å². The zero-order valence-electron chi connectivity index (χ0n) is 18.6. The summed E-state index contributed by atoms with van der Waals surface area (Å²) in [4.78, 5) is 35.7. The van der Waals surface area contributed by atoms with Gasteiger partial charge in [0, 0.05) is 0 Å². The van der Waals surface area contributed by atoms with Gasteiger partial charge in [-0.2, -0.15) is 0 Å². The fourth-order valence-corrected chi connectivity index (χ4v) is 2.74. The number of hydrogen-bond donors (Lipinski definition) is 3. The molecule has 0 radical (unpaired) electrons. The minimum absolute atomic E-state index is 0.145. The van der Waals surface area contributed by atoms with Gasteiger partial charge in [-0.3, -0.25) is 4.79 Å². The molecule has 0 saturated carbocycles. The monoisotopic (exact) mass is 399 g/mol. The Morgan fingerprint density at radius 2 is 1.43 bits per heavy atom. The Labute approximate surface area is 168 Å². The molecule has 3 atom stereocenters. The standard InChI is InChI=1S/C21H37NO6/c1-19(2,3)11-10-14(20(4,5)6)13(16(23)24)12-15(17(25)26)22-18(27)28-21(7,8)9/h10-11,13-15H,12H2,1-9H3,(H,22,27)(H,23,24)(H,25,26)/t13-,14?,15-/m0/s1. The summed E-state index contributed by atoms with van der Waals surface area (Å²) in [5.74, 6) is -3.82. The highest BCUT2D eigenvalue weighted by Gasteiger charge is 2.39. The third-order valence-corrected chi connectivity index (χ3v) is 4.03. The Morgan fingerprint density at radius 3 is 1.75 bits per heavy atom. The van der Waals surface area contributed by atoms with E-state index in [1.54, 1.807) is 20.8 Å². The Balaban J connectivity index is 5.71. The van der Waals surface area contributed by atoms with Crippen LogP contribution in [0.15, 0.2) is 12.2 Å². The lowest BCUT2D eigenvalue weighted by molar-refractivity contribution is -0.146. The van der Waals surface area contributed by atoms with Crippen molar-refractivity contribution >= 4 is 18.0 Å². The van der Waals surface area contributed by atoms with Crippen LogP contribution in [0.1, 0.15) is 68.7 Å². The first-order chi connectivity index (χ1) is 12.3. The molecule has 0 rings (SSSR count). The number of ether oxygens (including phenoxy) is 1. The zero-order chi connectivity index (χ0) is 22.5. The molecule has 7 nitrogen and oxygen atoms in total. The topological polar surface area (TPSA) is 113 Å². The second kappa shape index (κ2) is 9.43. The zero-order valence-corrected chi connectivity index (χ0v) is 18.6. The van der Waals surface area contributed by atoms with Gasteiger partial charge in [0.2, 0.25) is 0 Å². The number of aliphatic carboxylic acids is 2. The molecule has 0 aliphatic heterocycles. The molecule has 0 fully saturated rings. The van der Waals surface area contributed by atoms with Crippen molar-refractivity contribution in [3.8, 4) is 0 Å². The van der Waals surface area contributed by atoms with Crippen LogP contribution in [0.5, 0.6) is 0 Å². The average Bonchev–Trinajstić information content (AvgIpc) is 2.39. The van der Waals surface area contributed by atoms with E-state index >= 15 is 0 Å². The number of carboxylic acid groups (broad SMARTS) is 2. The van der Waals surface area contributed by atoms with Crippen LogP contribution in [-0.2, 0) is 14.3 Å². The minimum atomic E-state index is -1.37. The summed E-state index contributed by atoms with van der Waals surface area (Å²) in [6.45, 7) is 16.7. The summed E-state index contributed by atoms with van der Waals surface area (Å²) in [5, 5.41) is 21.6. The number of hydrogen-bond acceptors (Lipinski definition) is 4. The molecule has 0 spiro atoms. The van der Waals surface area contributed by atoms with Gasteiger partial charge in [0.15, 0.2) is 0 Å². The van der Waals surface area contributed by atoms with E-state index in [9.17, 15) is 24.6 Å². The summed E-state index contributed by atoms with van der Waals surface area (Å²) in [5.41, 5.74) is -1.35. The summed E-state index contributed by atoms with van der Waals surface area (Å²) >= 11 is 0. The van der Waals surface area contributed by atoms with Crippen molar-refractivity contribution in [1.82, 2.24) is 5.32 Å². The van der Waals surface area contributed by atoms with Crippen molar-refractivity contribution in [3.05, 3.63) is 12.2 Å². The first-order valence-corrected chi connectivity index (χ1v) is 9.48. The van der Waals surface area contributed by atoms with Gasteiger partial charge in [-0.05, 0) is 43.9 Å². The van der Waals surface area contributed by atoms with Crippen molar-refractivity contribution < 1.29 is 29.3 Å². The number of amides is 1. The highest BCUT2D eigenvalue weighted by Crippen LogP contribution is 2.37. The van der Waals surface area contributed by atoms with Gasteiger partial charge in [-0.15, -0.1) is 0 Å². The number of rotatable bonds is 7. The normalized spacial score (nSPS) is 16.3. The molecule has 3 N–H and O–H groups in total. The predicted molar refractivity (Wildman–Crippen MR) is 108 cm³/mol. The molecule has 1 amide bonds. The fourth-order valence-electron chi connectivity index (χ4n) is 2.74. The summed E-state index contributed by atoms with van der Waals surface area (Å²) < 4.78 is 5.11. The molecular formula is C21H37NO6. The van der Waals surface area contributed by atoms with Crippen LogP contribution in [0.4, 0.5) is 4.79 Å². The number of nitrogens with one attached hydrogen (secondary N) is 1. The highest BCUT2D eigenvalue weighted by atomic mass is 16.6. The smallest absolute Gasteiger partial charge is 0.408 e. The van der Waals surface area contributed by atoms with Gasteiger partial charge in [0.25, 0.3) is 0 Å². The maximum absolute atomic E-state index is 12.0. The number of carbonyl (C=O) groups excluding carboxylic acids is 1. The maximum Gasteiger partial charge on any atom is 0.408 e. The van der Waals surface area contributed by atoms with Crippen molar-refractivity contribution in [2.75, 3.05) is 0 Å². The molecule has 0 aromatic carbocycles. The van der Waals surface area contributed by atoms with Gasteiger partial charge in [0.1, 0.15) is 11.6 Å². The summed E-state index contributed by atoms with van der Waals surface area (Å²) in [6.07, 6.45) is 2.66. The van der Waals surface area contributed by atoms with E-state index in [0.29, 0.717) is 0 Å². The van der Waals surface area contributed by atoms with Crippen molar-refractivity contribution in [3.63, 3.8) is 0 Å². The summed E-state index contributed by atoms with van der Waals surface area (Å²) in [7, 11) is 0. The van der Waals surface area contributed by atoms with E-state index in [0.717, 1.165) is 0 Å². The molecule has 0 heterocycles. The lowest BCUT2D eigenvalue weighted by atomic mass is 9.70. The Hall–Kier alpha value is -2.05. The molecule has 0 aromatic rings. The molecule has 162 valence electrons. The number of allylic oxidation sites excluding steroid dienone is 2. The van der Waals surface area contributed by atoms with Crippen molar-refractivity contribution in [1.29, 1.82) is 0 Å². The van der Waals surface area contributed by atoms with Crippen molar-refractivity contribution in [2.24, 2.45) is 22.7 Å². The predicted octanol–water partition coefficient (Wildman–Crippen LogP) is 4.32. The van der Waals surface area contributed by atoms with Crippen LogP contribution in [0.2, 0.25) is 0 Å². The highest BCUT2D eigenvalue weighted by molar-refractivity contribution is 5.81. The van der Waals surface area contributed by atoms with Gasteiger partial charge in [0.05, 0.1) is 5.92 Å². The van der Waals surface area contributed by atoms with Crippen LogP contribution in [0.3, 0.4) is 0 Å². The van der Waals surface area contributed by atoms with Gasteiger partial charge >= 0.3 is 18.0 Å². The largest absolute Gasteiger partial charge is 0.481 e. The molecule has 0 aliphatic rings. The minimum Gasteiger partial charge on any atom is -0.481 e. The van der Waals surface area contributed by atoms with Crippen LogP contribution in [-0.4, -0.2) is 39.9 Å². The van der Waals surface area contributed by atoms with Crippen LogP contribution < -0.4 is 5.32 Å². The SMILES string of the molecule is CC(C)(C)C=CC([C@H](C[C@H](NC(=O)OC(C)(C)C)C(=O)O)C(=O)O)C(C)(C)C. The summed E-state index contributed by atoms with van der Waals surface area (Å²) in [6, 6.07) is -1.37. The Morgan fingerprint density at radius 1 is 0.929 bits per heavy atom. The van der Waals surface area contributed by atoms with Gasteiger partial charge < -0.3 is 20.3 Å². The lowest BCUT2D eigenvalue weighted by Crippen LogP contribution is -2.46. The van der Waals surface area contributed by atoms with E-state index in [1.165, 1.54) is 0 Å². The molecule has 0 aliphatic carbocycles. The number of carboxylic acids is 2. The van der Waals surface area contributed by atoms with Crippen LogP contribution in [0.25, 0.3) is 0 Å². The van der Waals surface area contributed by atoms with E-state index in [4.69, 9.17) is 4.74 Å². The molecule has 7 heteroatoms. The number of alkyl carbamates (subject to hydrolysis) is 1. The first-order valence-electron chi connectivity index (χ1n) is 9.48. The van der Waals surface area contributed by atoms with Gasteiger partial charge in [-0.25, -0.2) is 9.59 Å². The second-order valence-corrected chi connectivity index (χ2v) is 10.3. The quantitative estimate of drug-likeness (QED) is 0.550. The Kier molecular flexibility index (Phi) is 8.74. The van der Waals surface area contributed by atoms with Gasteiger partial charge in [-0.1, -0.05) is 53.7 Å². The molecule has 28 heavy (non-hydrogen) atoms. The lowest BCUT2D eigenvalue weighted by Gasteiger charge is -2.35. The van der Waals surface area contributed by atoms with Crippen molar-refractivity contribution in [2.45, 2.75) is 80.4 Å². The van der Waals surface area contributed by atoms with E-state index in [1.807, 2.05) is 53.7 Å². The third kappa shape index (κ3) is 10.3. The second-order valence-electron chi connectivity index (χ2n) is 10.3.